The Kier molecular flexibility index (Phi) is 7.25. The minimum Gasteiger partial charge on any atom is -0.466 e. The van der Waals surface area contributed by atoms with Gasteiger partial charge in [0.2, 0.25) is 5.91 Å². The second-order valence-electron chi connectivity index (χ2n) is 7.49. The van der Waals surface area contributed by atoms with E-state index in [9.17, 15) is 9.59 Å². The van der Waals surface area contributed by atoms with Crippen molar-refractivity contribution in [2.75, 3.05) is 19.7 Å². The first-order chi connectivity index (χ1) is 14.0. The van der Waals surface area contributed by atoms with Crippen LogP contribution >= 0.6 is 11.6 Å². The van der Waals surface area contributed by atoms with Gasteiger partial charge in [0.1, 0.15) is 12.7 Å². The predicted molar refractivity (Wildman–Crippen MR) is 109 cm³/mol. The highest BCUT2D eigenvalue weighted by Gasteiger charge is 2.44. The lowest BCUT2D eigenvalue weighted by atomic mass is 9.75. The number of carbonyl (C=O) groups excluding carboxylic acids is 2. The van der Waals surface area contributed by atoms with Crippen molar-refractivity contribution in [3.05, 3.63) is 47.5 Å². The largest absolute Gasteiger partial charge is 0.466 e. The van der Waals surface area contributed by atoms with Crippen molar-refractivity contribution in [2.24, 2.45) is 5.41 Å². The maximum Gasteiger partial charge on any atom is 0.314 e. The average Bonchev–Trinajstić information content (AvgIpc) is 3.22. The van der Waals surface area contributed by atoms with Gasteiger partial charge in [-0.3, -0.25) is 14.3 Å². The summed E-state index contributed by atoms with van der Waals surface area (Å²) in [5.41, 5.74) is 0.242. The van der Waals surface area contributed by atoms with Crippen molar-refractivity contribution in [3.8, 4) is 0 Å². The number of carbonyl (C=O) groups is 2. The molecule has 2 heterocycles. The van der Waals surface area contributed by atoms with Crippen LogP contribution in [0.25, 0.3) is 0 Å². The van der Waals surface area contributed by atoms with Gasteiger partial charge < -0.3 is 9.64 Å². The molecule has 0 aliphatic carbocycles. The van der Waals surface area contributed by atoms with Crippen molar-refractivity contribution < 1.29 is 14.3 Å². The van der Waals surface area contributed by atoms with Crippen LogP contribution in [0.2, 0.25) is 5.02 Å². The Bertz CT molecular complexity index is 827. The van der Waals surface area contributed by atoms with Gasteiger partial charge in [-0.2, -0.15) is 5.10 Å². The molecule has 2 aromatic rings. The zero-order valence-corrected chi connectivity index (χ0v) is 17.5. The summed E-state index contributed by atoms with van der Waals surface area (Å²) in [6.45, 7) is 3.81. The Morgan fingerprint density at radius 1 is 1.34 bits per heavy atom. The van der Waals surface area contributed by atoms with Crippen LogP contribution in [-0.4, -0.2) is 51.2 Å². The summed E-state index contributed by atoms with van der Waals surface area (Å²) >= 11 is 6.14. The maximum absolute atomic E-state index is 12.9. The summed E-state index contributed by atoms with van der Waals surface area (Å²) in [5, 5.41) is 4.69. The fourth-order valence-corrected chi connectivity index (χ4v) is 4.16. The highest BCUT2D eigenvalue weighted by atomic mass is 35.5. The molecular formula is C21H27ClN4O3. The minimum atomic E-state index is -0.736. The van der Waals surface area contributed by atoms with Gasteiger partial charge >= 0.3 is 5.97 Å². The molecule has 0 radical (unpaired) electrons. The van der Waals surface area contributed by atoms with Gasteiger partial charge in [-0.05, 0) is 50.3 Å². The first kappa shape index (κ1) is 21.3. The summed E-state index contributed by atoms with van der Waals surface area (Å²) < 4.78 is 7.13. The molecule has 0 bridgehead atoms. The summed E-state index contributed by atoms with van der Waals surface area (Å²) in [6, 6.07) is 7.54. The lowest BCUT2D eigenvalue weighted by Crippen LogP contribution is -2.51. The van der Waals surface area contributed by atoms with Gasteiger partial charge in [-0.1, -0.05) is 23.7 Å². The highest BCUT2D eigenvalue weighted by Crippen LogP contribution is 2.36. The molecule has 0 N–H and O–H groups in total. The first-order valence-corrected chi connectivity index (χ1v) is 10.4. The number of halogens is 1. The Morgan fingerprint density at radius 3 is 2.93 bits per heavy atom. The molecule has 0 saturated carbocycles. The van der Waals surface area contributed by atoms with Crippen molar-refractivity contribution in [2.45, 2.75) is 45.6 Å². The standard InChI is InChI=1S/C21H27ClN4O3/c1-2-29-20(28)21(13-17-6-3-7-18(22)12-17)9-5-10-25(14-21)19(27)8-4-11-26-16-23-15-24-26/h3,6-7,12,15-16H,2,4-5,8-11,13-14H2,1H3/t21-/m1/s1. The second kappa shape index (κ2) is 9.87. The van der Waals surface area contributed by atoms with Gasteiger partial charge in [-0.25, -0.2) is 4.98 Å². The third-order valence-corrected chi connectivity index (χ3v) is 5.55. The minimum absolute atomic E-state index is 0.0598. The van der Waals surface area contributed by atoms with E-state index >= 15 is 0 Å². The first-order valence-electron chi connectivity index (χ1n) is 10.0. The number of piperidine rings is 1. The molecule has 7 nitrogen and oxygen atoms in total. The number of aromatic nitrogens is 3. The molecule has 29 heavy (non-hydrogen) atoms. The van der Waals surface area contributed by atoms with E-state index < -0.39 is 5.41 Å². The molecule has 8 heteroatoms. The lowest BCUT2D eigenvalue weighted by Gasteiger charge is -2.41. The van der Waals surface area contributed by atoms with E-state index in [0.717, 1.165) is 12.0 Å². The third-order valence-electron chi connectivity index (χ3n) is 5.31. The van der Waals surface area contributed by atoms with E-state index in [4.69, 9.17) is 16.3 Å². The molecule has 1 saturated heterocycles. The van der Waals surface area contributed by atoms with E-state index in [1.807, 2.05) is 29.2 Å². The number of likely N-dealkylation sites (tertiary alicyclic amines) is 1. The van der Waals surface area contributed by atoms with E-state index in [1.165, 1.54) is 6.33 Å². The van der Waals surface area contributed by atoms with Crippen LogP contribution in [0.3, 0.4) is 0 Å². The Morgan fingerprint density at radius 2 is 2.21 bits per heavy atom. The third kappa shape index (κ3) is 5.56. The van der Waals surface area contributed by atoms with Gasteiger partial charge in [0, 0.05) is 31.1 Å². The summed E-state index contributed by atoms with van der Waals surface area (Å²) in [5.74, 6) is -0.176. The Labute approximate surface area is 176 Å². The van der Waals surface area contributed by atoms with Gasteiger partial charge in [0.25, 0.3) is 0 Å². The van der Waals surface area contributed by atoms with Crippen molar-refractivity contribution in [1.82, 2.24) is 19.7 Å². The quantitative estimate of drug-likeness (QED) is 0.615. The number of hydrogen-bond acceptors (Lipinski definition) is 5. The van der Waals surface area contributed by atoms with Crippen LogP contribution in [0.4, 0.5) is 0 Å². The Balaban J connectivity index is 1.68. The van der Waals surface area contributed by atoms with E-state index in [1.54, 1.807) is 17.9 Å². The molecule has 1 aromatic heterocycles. The van der Waals surface area contributed by atoms with Gasteiger partial charge in [0.05, 0.1) is 12.0 Å². The monoisotopic (exact) mass is 418 g/mol. The molecule has 1 atom stereocenters. The number of rotatable bonds is 8. The van der Waals surface area contributed by atoms with Crippen molar-refractivity contribution >= 4 is 23.5 Å². The van der Waals surface area contributed by atoms with Crippen LogP contribution in [0.1, 0.15) is 38.2 Å². The summed E-state index contributed by atoms with van der Waals surface area (Å²) in [6.07, 6.45) is 6.19. The molecular weight excluding hydrogens is 392 g/mol. The van der Waals surface area contributed by atoms with Crippen molar-refractivity contribution in [1.29, 1.82) is 0 Å². The highest BCUT2D eigenvalue weighted by molar-refractivity contribution is 6.30. The van der Waals surface area contributed by atoms with Crippen LogP contribution in [0.15, 0.2) is 36.9 Å². The molecule has 3 rings (SSSR count). The van der Waals surface area contributed by atoms with E-state index in [0.29, 0.717) is 56.9 Å². The molecule has 1 amide bonds. The number of benzene rings is 1. The molecule has 1 aliphatic heterocycles. The normalized spacial score (nSPS) is 19.2. The Hall–Kier alpha value is -2.41. The van der Waals surface area contributed by atoms with Gasteiger partial charge in [0.15, 0.2) is 0 Å². The molecule has 1 aromatic carbocycles. The van der Waals surface area contributed by atoms with Gasteiger partial charge in [-0.15, -0.1) is 0 Å². The fraction of sp³-hybridized carbons (Fsp3) is 0.524. The zero-order chi connectivity index (χ0) is 20.7. The smallest absolute Gasteiger partial charge is 0.314 e. The predicted octanol–water partition coefficient (Wildman–Crippen LogP) is 3.13. The van der Waals surface area contributed by atoms with Crippen LogP contribution in [0, 0.1) is 5.41 Å². The molecule has 156 valence electrons. The number of nitrogens with zero attached hydrogens (tertiary/aromatic N) is 4. The molecule has 1 aliphatic rings. The van der Waals surface area contributed by atoms with E-state index in [-0.39, 0.29) is 11.9 Å². The van der Waals surface area contributed by atoms with Crippen LogP contribution in [0.5, 0.6) is 0 Å². The maximum atomic E-state index is 12.9. The lowest BCUT2D eigenvalue weighted by molar-refractivity contribution is -0.160. The summed E-state index contributed by atoms with van der Waals surface area (Å²) in [7, 11) is 0. The summed E-state index contributed by atoms with van der Waals surface area (Å²) in [4.78, 5) is 31.5. The number of amides is 1. The molecule has 0 unspecified atom stereocenters. The second-order valence-corrected chi connectivity index (χ2v) is 7.92. The van der Waals surface area contributed by atoms with Crippen LogP contribution < -0.4 is 0 Å². The number of hydrogen-bond donors (Lipinski definition) is 0. The zero-order valence-electron chi connectivity index (χ0n) is 16.7. The van der Waals surface area contributed by atoms with Crippen molar-refractivity contribution in [3.63, 3.8) is 0 Å². The fourth-order valence-electron chi connectivity index (χ4n) is 3.95. The average molecular weight is 419 g/mol. The number of esters is 1. The molecule has 1 fully saturated rings. The molecule has 0 spiro atoms. The van der Waals surface area contributed by atoms with E-state index in [2.05, 4.69) is 10.1 Å². The number of ether oxygens (including phenoxy) is 1. The number of aryl methyl sites for hydroxylation is 1. The SMILES string of the molecule is CCOC(=O)[C@@]1(Cc2cccc(Cl)c2)CCCN(C(=O)CCCn2cncn2)C1. The topological polar surface area (TPSA) is 77.3 Å². The van der Waals surface area contributed by atoms with Crippen LogP contribution in [-0.2, 0) is 27.3 Å².